The van der Waals surface area contributed by atoms with Crippen molar-refractivity contribution in [2.75, 3.05) is 6.54 Å². The smallest absolute Gasteiger partial charge is 0.306 e. The van der Waals surface area contributed by atoms with Crippen LogP contribution in [0.25, 0.3) is 0 Å². The van der Waals surface area contributed by atoms with E-state index in [9.17, 15) is 9.90 Å². The van der Waals surface area contributed by atoms with Gasteiger partial charge in [-0.2, -0.15) is 0 Å². The number of carboxylic acid groups (broad SMARTS) is 1. The fourth-order valence-corrected chi connectivity index (χ4v) is 3.76. The summed E-state index contributed by atoms with van der Waals surface area (Å²) in [5, 5.41) is 13.0. The summed E-state index contributed by atoms with van der Waals surface area (Å²) in [6.07, 6.45) is 13.7. The van der Waals surface area contributed by atoms with E-state index in [1.165, 1.54) is 51.4 Å². The van der Waals surface area contributed by atoms with E-state index in [0.717, 1.165) is 25.8 Å². The third kappa shape index (κ3) is 4.79. The van der Waals surface area contributed by atoms with Gasteiger partial charge in [-0.15, -0.1) is 0 Å². The Labute approximate surface area is 117 Å². The van der Waals surface area contributed by atoms with Crippen molar-refractivity contribution < 1.29 is 9.90 Å². The molecule has 2 saturated carbocycles. The molecule has 110 valence electrons. The number of nitrogens with one attached hydrogen (secondary N) is 1. The van der Waals surface area contributed by atoms with Gasteiger partial charge in [-0.25, -0.2) is 0 Å². The van der Waals surface area contributed by atoms with Crippen LogP contribution in [-0.4, -0.2) is 23.7 Å². The lowest BCUT2D eigenvalue weighted by molar-refractivity contribution is -0.144. The van der Waals surface area contributed by atoms with Crippen LogP contribution in [0.4, 0.5) is 0 Å². The maximum Gasteiger partial charge on any atom is 0.306 e. The van der Waals surface area contributed by atoms with Crippen molar-refractivity contribution in [3.05, 3.63) is 0 Å². The third-order valence-electron chi connectivity index (χ3n) is 5.00. The predicted octanol–water partition coefficient (Wildman–Crippen LogP) is 3.58. The minimum atomic E-state index is -0.579. The second kappa shape index (κ2) is 7.88. The van der Waals surface area contributed by atoms with Crippen LogP contribution in [-0.2, 0) is 4.79 Å². The molecule has 2 N–H and O–H groups in total. The van der Waals surface area contributed by atoms with Crippen molar-refractivity contribution in [2.24, 2.45) is 11.8 Å². The van der Waals surface area contributed by atoms with Crippen molar-refractivity contribution >= 4 is 5.97 Å². The van der Waals surface area contributed by atoms with Crippen molar-refractivity contribution in [3.8, 4) is 0 Å². The van der Waals surface area contributed by atoms with E-state index in [2.05, 4.69) is 5.32 Å². The van der Waals surface area contributed by atoms with Gasteiger partial charge in [-0.05, 0) is 38.1 Å². The van der Waals surface area contributed by atoms with Crippen LogP contribution in [0.15, 0.2) is 0 Å². The average Bonchev–Trinajstić information content (AvgIpc) is 2.37. The Bertz CT molecular complexity index is 272. The van der Waals surface area contributed by atoms with Gasteiger partial charge in [0, 0.05) is 6.04 Å². The molecule has 0 heterocycles. The van der Waals surface area contributed by atoms with E-state index in [-0.39, 0.29) is 5.92 Å². The van der Waals surface area contributed by atoms with Gasteiger partial charge in [0.25, 0.3) is 0 Å². The second-order valence-corrected chi connectivity index (χ2v) is 6.44. The molecule has 19 heavy (non-hydrogen) atoms. The van der Waals surface area contributed by atoms with Crippen LogP contribution in [0.3, 0.4) is 0 Å². The molecule has 2 aliphatic carbocycles. The van der Waals surface area contributed by atoms with Gasteiger partial charge in [0.2, 0.25) is 0 Å². The van der Waals surface area contributed by atoms with Crippen molar-refractivity contribution in [1.29, 1.82) is 0 Å². The number of rotatable bonds is 4. The molecule has 0 aromatic heterocycles. The summed E-state index contributed by atoms with van der Waals surface area (Å²) in [7, 11) is 0. The number of aliphatic carboxylic acids is 1. The molecule has 0 bridgehead atoms. The molecule has 2 fully saturated rings. The highest BCUT2D eigenvalue weighted by molar-refractivity contribution is 5.70. The van der Waals surface area contributed by atoms with Crippen molar-refractivity contribution in [3.63, 3.8) is 0 Å². The first-order valence-electron chi connectivity index (χ1n) is 8.23. The zero-order chi connectivity index (χ0) is 13.5. The number of hydrogen-bond donors (Lipinski definition) is 2. The number of carboxylic acids is 1. The predicted molar refractivity (Wildman–Crippen MR) is 77.2 cm³/mol. The Kier molecular flexibility index (Phi) is 6.15. The Morgan fingerprint density at radius 1 is 0.895 bits per heavy atom. The Morgan fingerprint density at radius 3 is 2.16 bits per heavy atom. The van der Waals surface area contributed by atoms with Crippen LogP contribution in [0.5, 0.6) is 0 Å². The van der Waals surface area contributed by atoms with Gasteiger partial charge in [0.1, 0.15) is 0 Å². The molecule has 2 atom stereocenters. The standard InChI is InChI=1S/C16H29NO2/c18-16(19)15-11-7-6-8-13(15)12-17-14-9-4-2-1-3-5-10-14/h13-15,17H,1-12H2,(H,18,19). The first kappa shape index (κ1) is 14.8. The van der Waals surface area contributed by atoms with Gasteiger partial charge in [-0.1, -0.05) is 44.9 Å². The SMILES string of the molecule is O=C(O)C1CCCCC1CNC1CCCCCCC1. The highest BCUT2D eigenvalue weighted by Crippen LogP contribution is 2.30. The zero-order valence-electron chi connectivity index (χ0n) is 12.1. The third-order valence-corrected chi connectivity index (χ3v) is 5.00. The molecular weight excluding hydrogens is 238 g/mol. The van der Waals surface area contributed by atoms with Crippen LogP contribution >= 0.6 is 0 Å². The molecule has 3 nitrogen and oxygen atoms in total. The van der Waals surface area contributed by atoms with E-state index in [1.54, 1.807) is 0 Å². The average molecular weight is 267 g/mol. The molecule has 3 heteroatoms. The summed E-state index contributed by atoms with van der Waals surface area (Å²) in [4.78, 5) is 11.3. The summed E-state index contributed by atoms with van der Waals surface area (Å²) >= 11 is 0. The topological polar surface area (TPSA) is 49.3 Å². The number of hydrogen-bond acceptors (Lipinski definition) is 2. The van der Waals surface area contributed by atoms with Gasteiger partial charge < -0.3 is 10.4 Å². The lowest BCUT2D eigenvalue weighted by Crippen LogP contribution is -2.39. The first-order chi connectivity index (χ1) is 9.27. The molecule has 2 rings (SSSR count). The Balaban J connectivity index is 1.77. The molecular formula is C16H29NO2. The van der Waals surface area contributed by atoms with Gasteiger partial charge >= 0.3 is 5.97 Å². The van der Waals surface area contributed by atoms with E-state index < -0.39 is 5.97 Å². The van der Waals surface area contributed by atoms with Crippen LogP contribution in [0.1, 0.15) is 70.6 Å². The minimum absolute atomic E-state index is 0.102. The summed E-state index contributed by atoms with van der Waals surface area (Å²) in [6, 6.07) is 0.636. The minimum Gasteiger partial charge on any atom is -0.481 e. The molecule has 0 amide bonds. The van der Waals surface area contributed by atoms with Gasteiger partial charge in [0.15, 0.2) is 0 Å². The van der Waals surface area contributed by atoms with Gasteiger partial charge in [-0.3, -0.25) is 4.79 Å². The van der Waals surface area contributed by atoms with E-state index >= 15 is 0 Å². The summed E-state index contributed by atoms with van der Waals surface area (Å²) < 4.78 is 0. The highest BCUT2D eigenvalue weighted by Gasteiger charge is 2.30. The lowest BCUT2D eigenvalue weighted by Gasteiger charge is -2.31. The first-order valence-corrected chi connectivity index (χ1v) is 8.23. The summed E-state index contributed by atoms with van der Waals surface area (Å²) in [6.45, 7) is 0.918. The van der Waals surface area contributed by atoms with Crippen molar-refractivity contribution in [2.45, 2.75) is 76.7 Å². The molecule has 0 aliphatic heterocycles. The van der Waals surface area contributed by atoms with E-state index in [4.69, 9.17) is 0 Å². The van der Waals surface area contributed by atoms with Crippen molar-refractivity contribution in [1.82, 2.24) is 5.32 Å². The number of carbonyl (C=O) groups is 1. The molecule has 0 spiro atoms. The lowest BCUT2D eigenvalue weighted by atomic mass is 9.79. The molecule has 0 saturated heterocycles. The zero-order valence-corrected chi connectivity index (χ0v) is 12.1. The maximum absolute atomic E-state index is 11.3. The van der Waals surface area contributed by atoms with Crippen LogP contribution in [0.2, 0.25) is 0 Å². The van der Waals surface area contributed by atoms with Crippen LogP contribution < -0.4 is 5.32 Å². The fraction of sp³-hybridized carbons (Fsp3) is 0.938. The Morgan fingerprint density at radius 2 is 1.47 bits per heavy atom. The molecule has 0 radical (unpaired) electrons. The van der Waals surface area contributed by atoms with Gasteiger partial charge in [0.05, 0.1) is 5.92 Å². The van der Waals surface area contributed by atoms with Crippen LogP contribution in [0, 0.1) is 11.8 Å². The normalized spacial score (nSPS) is 30.5. The molecule has 2 unspecified atom stereocenters. The summed E-state index contributed by atoms with van der Waals surface area (Å²) in [5.41, 5.74) is 0. The molecule has 2 aliphatic rings. The second-order valence-electron chi connectivity index (χ2n) is 6.44. The summed E-state index contributed by atoms with van der Waals surface area (Å²) in [5.74, 6) is -0.323. The maximum atomic E-state index is 11.3. The van der Waals surface area contributed by atoms with E-state index in [1.807, 2.05) is 0 Å². The largest absolute Gasteiger partial charge is 0.481 e. The Hall–Kier alpha value is -0.570. The fourth-order valence-electron chi connectivity index (χ4n) is 3.76. The highest BCUT2D eigenvalue weighted by atomic mass is 16.4. The quantitative estimate of drug-likeness (QED) is 0.818. The van der Waals surface area contributed by atoms with E-state index in [0.29, 0.717) is 12.0 Å². The molecule has 0 aromatic rings. The molecule has 0 aromatic carbocycles. The monoisotopic (exact) mass is 267 g/mol.